The Morgan fingerprint density at radius 3 is 2.56 bits per heavy atom. The Morgan fingerprint density at radius 1 is 1.00 bits per heavy atom. The Morgan fingerprint density at radius 2 is 1.76 bits per heavy atom. The SMILES string of the molecule is Cc1cc2c3c(c1)cc(C)n3C(=O)NC21C(=O)N(C)c2ccccc21. The van der Waals surface area contributed by atoms with Gasteiger partial charge in [-0.2, -0.15) is 0 Å². The summed E-state index contributed by atoms with van der Waals surface area (Å²) in [5.41, 5.74) is 4.10. The van der Waals surface area contributed by atoms with Crippen LogP contribution in [0.25, 0.3) is 10.9 Å². The fraction of sp³-hybridized carbons (Fsp3) is 0.200. The van der Waals surface area contributed by atoms with Crippen molar-refractivity contribution >= 4 is 28.5 Å². The third-order valence-corrected chi connectivity index (χ3v) is 5.42. The molecule has 0 saturated carbocycles. The van der Waals surface area contributed by atoms with E-state index in [4.69, 9.17) is 0 Å². The molecule has 124 valence electrons. The van der Waals surface area contributed by atoms with Crippen LogP contribution in [-0.2, 0) is 10.3 Å². The minimum Gasteiger partial charge on any atom is -0.315 e. The molecule has 1 N–H and O–H groups in total. The standard InChI is InChI=1S/C20H17N3O2/c1-11-8-13-10-12(2)23-17(13)15(9-11)20(21-19(23)25)14-6-4-5-7-16(14)22(3)18(20)24/h4-10H,1-3H3,(H,21,25). The van der Waals surface area contributed by atoms with E-state index < -0.39 is 5.54 Å². The van der Waals surface area contributed by atoms with Crippen molar-refractivity contribution in [3.8, 4) is 0 Å². The molecular formula is C20H17N3O2. The zero-order chi connectivity index (χ0) is 17.5. The molecule has 1 spiro atoms. The average Bonchev–Trinajstić information content (AvgIpc) is 3.02. The number of likely N-dealkylation sites (N-methyl/N-ethyl adjacent to an activating group) is 1. The van der Waals surface area contributed by atoms with E-state index in [1.54, 1.807) is 16.5 Å². The number of benzene rings is 2. The highest BCUT2D eigenvalue weighted by Crippen LogP contribution is 2.48. The smallest absolute Gasteiger partial charge is 0.315 e. The first-order chi connectivity index (χ1) is 11.9. The van der Waals surface area contributed by atoms with Crippen molar-refractivity contribution in [2.24, 2.45) is 0 Å². The summed E-state index contributed by atoms with van der Waals surface area (Å²) < 4.78 is 1.67. The lowest BCUT2D eigenvalue weighted by atomic mass is 9.81. The summed E-state index contributed by atoms with van der Waals surface area (Å²) in [6, 6.07) is 13.5. The monoisotopic (exact) mass is 331 g/mol. The number of carbonyl (C=O) groups is 2. The van der Waals surface area contributed by atoms with Crippen LogP contribution in [0.15, 0.2) is 42.5 Å². The molecule has 2 aliphatic rings. The first kappa shape index (κ1) is 14.3. The van der Waals surface area contributed by atoms with Gasteiger partial charge >= 0.3 is 6.03 Å². The molecule has 2 aromatic carbocycles. The predicted molar refractivity (Wildman–Crippen MR) is 96.0 cm³/mol. The Labute approximate surface area is 144 Å². The lowest BCUT2D eigenvalue weighted by Gasteiger charge is -2.35. The van der Waals surface area contributed by atoms with Gasteiger partial charge in [0.25, 0.3) is 5.91 Å². The number of anilines is 1. The van der Waals surface area contributed by atoms with Gasteiger partial charge in [-0.05, 0) is 37.6 Å². The summed E-state index contributed by atoms with van der Waals surface area (Å²) in [5, 5.41) is 4.02. The maximum absolute atomic E-state index is 13.4. The van der Waals surface area contributed by atoms with E-state index in [9.17, 15) is 9.59 Å². The molecule has 0 bridgehead atoms. The van der Waals surface area contributed by atoms with Gasteiger partial charge in [0.2, 0.25) is 0 Å². The van der Waals surface area contributed by atoms with Crippen molar-refractivity contribution in [1.29, 1.82) is 0 Å². The van der Waals surface area contributed by atoms with Crippen molar-refractivity contribution in [2.75, 3.05) is 11.9 Å². The normalized spacial score (nSPS) is 21.2. The third-order valence-electron chi connectivity index (χ3n) is 5.42. The second-order valence-electron chi connectivity index (χ2n) is 6.93. The van der Waals surface area contributed by atoms with Crippen molar-refractivity contribution in [1.82, 2.24) is 9.88 Å². The van der Waals surface area contributed by atoms with Gasteiger partial charge in [-0.25, -0.2) is 4.79 Å². The molecule has 1 aromatic heterocycles. The van der Waals surface area contributed by atoms with Crippen molar-refractivity contribution < 1.29 is 9.59 Å². The van der Waals surface area contributed by atoms with E-state index in [0.29, 0.717) is 0 Å². The Hall–Kier alpha value is -3.08. The predicted octanol–water partition coefficient (Wildman–Crippen LogP) is 3.05. The number of aryl methyl sites for hydroxylation is 2. The molecule has 1 unspecified atom stereocenters. The van der Waals surface area contributed by atoms with E-state index in [2.05, 4.69) is 11.4 Å². The number of fused-ring (bicyclic) bond motifs is 3. The molecule has 2 amide bonds. The molecule has 25 heavy (non-hydrogen) atoms. The molecule has 0 fully saturated rings. The largest absolute Gasteiger partial charge is 0.327 e. The minimum atomic E-state index is -1.16. The molecule has 1 atom stereocenters. The van der Waals surface area contributed by atoms with Crippen molar-refractivity contribution in [2.45, 2.75) is 19.4 Å². The Kier molecular flexibility index (Phi) is 2.46. The highest BCUT2D eigenvalue weighted by atomic mass is 16.2. The lowest BCUT2D eigenvalue weighted by Crippen LogP contribution is -2.57. The fourth-order valence-corrected chi connectivity index (χ4v) is 4.40. The molecule has 3 heterocycles. The van der Waals surface area contributed by atoms with E-state index in [1.165, 1.54) is 0 Å². The van der Waals surface area contributed by atoms with Crippen LogP contribution in [0.3, 0.4) is 0 Å². The molecule has 0 saturated heterocycles. The number of aromatic nitrogens is 1. The summed E-state index contributed by atoms with van der Waals surface area (Å²) in [4.78, 5) is 27.9. The summed E-state index contributed by atoms with van der Waals surface area (Å²) in [6.07, 6.45) is 0. The van der Waals surface area contributed by atoms with Gasteiger partial charge in [0, 0.05) is 34.9 Å². The summed E-state index contributed by atoms with van der Waals surface area (Å²) in [5.74, 6) is -0.126. The summed E-state index contributed by atoms with van der Waals surface area (Å²) >= 11 is 0. The first-order valence-corrected chi connectivity index (χ1v) is 8.28. The van der Waals surface area contributed by atoms with Gasteiger partial charge in [-0.3, -0.25) is 9.36 Å². The number of carbonyl (C=O) groups excluding carboxylic acids is 2. The van der Waals surface area contributed by atoms with Crippen LogP contribution in [0.2, 0.25) is 0 Å². The van der Waals surface area contributed by atoms with E-state index in [1.807, 2.05) is 50.2 Å². The molecule has 0 aliphatic carbocycles. The molecular weight excluding hydrogens is 314 g/mol. The minimum absolute atomic E-state index is 0.126. The molecule has 5 nitrogen and oxygen atoms in total. The van der Waals surface area contributed by atoms with Crippen LogP contribution in [0, 0.1) is 13.8 Å². The second kappa shape index (κ2) is 4.30. The maximum Gasteiger partial charge on any atom is 0.327 e. The fourth-order valence-electron chi connectivity index (χ4n) is 4.40. The third kappa shape index (κ3) is 1.49. The van der Waals surface area contributed by atoms with Crippen LogP contribution in [-0.4, -0.2) is 23.6 Å². The number of rotatable bonds is 0. The number of nitrogens with zero attached hydrogens (tertiary/aromatic N) is 2. The van der Waals surface area contributed by atoms with Crippen LogP contribution < -0.4 is 10.2 Å². The lowest BCUT2D eigenvalue weighted by molar-refractivity contribution is -0.122. The zero-order valence-electron chi connectivity index (χ0n) is 14.3. The average molecular weight is 331 g/mol. The highest BCUT2D eigenvalue weighted by molar-refractivity contribution is 6.15. The Balaban J connectivity index is 1.99. The zero-order valence-corrected chi connectivity index (χ0v) is 14.3. The maximum atomic E-state index is 13.4. The first-order valence-electron chi connectivity index (χ1n) is 8.28. The number of nitrogens with one attached hydrogen (secondary N) is 1. The van der Waals surface area contributed by atoms with Crippen molar-refractivity contribution in [3.63, 3.8) is 0 Å². The Bertz CT molecular complexity index is 1110. The van der Waals surface area contributed by atoms with Crippen LogP contribution in [0.4, 0.5) is 10.5 Å². The number of para-hydroxylation sites is 1. The quantitative estimate of drug-likeness (QED) is 0.688. The number of amides is 2. The topological polar surface area (TPSA) is 54.3 Å². The van der Waals surface area contributed by atoms with Gasteiger partial charge in [0.05, 0.1) is 5.52 Å². The van der Waals surface area contributed by atoms with Gasteiger partial charge < -0.3 is 10.2 Å². The summed E-state index contributed by atoms with van der Waals surface area (Å²) in [7, 11) is 1.76. The van der Waals surface area contributed by atoms with Gasteiger partial charge in [0.15, 0.2) is 5.54 Å². The number of hydrogen-bond donors (Lipinski definition) is 1. The van der Waals surface area contributed by atoms with Gasteiger partial charge in [-0.1, -0.05) is 24.3 Å². The van der Waals surface area contributed by atoms with E-state index >= 15 is 0 Å². The molecule has 3 aromatic rings. The van der Waals surface area contributed by atoms with Crippen molar-refractivity contribution in [3.05, 3.63) is 64.8 Å². The summed E-state index contributed by atoms with van der Waals surface area (Å²) in [6.45, 7) is 3.93. The molecule has 2 aliphatic heterocycles. The highest BCUT2D eigenvalue weighted by Gasteiger charge is 2.55. The molecule has 5 heteroatoms. The van der Waals surface area contributed by atoms with Crippen LogP contribution in [0.1, 0.15) is 22.4 Å². The van der Waals surface area contributed by atoms with Crippen LogP contribution in [0.5, 0.6) is 0 Å². The van der Waals surface area contributed by atoms with Gasteiger partial charge in [0.1, 0.15) is 0 Å². The molecule has 0 radical (unpaired) electrons. The molecule has 5 rings (SSSR count). The van der Waals surface area contributed by atoms with Crippen LogP contribution >= 0.6 is 0 Å². The van der Waals surface area contributed by atoms with E-state index in [0.717, 1.165) is 39.0 Å². The second-order valence-corrected chi connectivity index (χ2v) is 6.93. The van der Waals surface area contributed by atoms with E-state index in [-0.39, 0.29) is 11.9 Å². The number of hydrogen-bond acceptors (Lipinski definition) is 2. The van der Waals surface area contributed by atoms with Gasteiger partial charge in [-0.15, -0.1) is 0 Å².